The zero-order valence-electron chi connectivity index (χ0n) is 24.1. The van der Waals surface area contributed by atoms with Crippen molar-refractivity contribution in [2.75, 3.05) is 5.32 Å². The molecule has 0 radical (unpaired) electrons. The summed E-state index contributed by atoms with van der Waals surface area (Å²) in [5.74, 6) is 0.0278. The van der Waals surface area contributed by atoms with Gasteiger partial charge in [-0.2, -0.15) is 13.2 Å². The second-order valence-electron chi connectivity index (χ2n) is 12.2. The molecule has 0 amide bonds. The van der Waals surface area contributed by atoms with E-state index in [1.807, 2.05) is 53.7 Å². The number of alkyl halides is 3. The van der Waals surface area contributed by atoms with Gasteiger partial charge in [-0.3, -0.25) is 4.98 Å². The number of aromatic nitrogens is 1. The molecule has 0 unspecified atom stereocenters. The van der Waals surface area contributed by atoms with E-state index in [1.165, 1.54) is 12.1 Å². The number of rotatable bonds is 7. The van der Waals surface area contributed by atoms with Crippen LogP contribution in [0, 0.1) is 0 Å². The summed E-state index contributed by atoms with van der Waals surface area (Å²) in [6.45, 7) is 12.9. The maximum atomic E-state index is 13.4. The molecule has 41 heavy (non-hydrogen) atoms. The molecule has 4 rings (SSSR count). The molecule has 0 spiro atoms. The second kappa shape index (κ2) is 11.5. The molecule has 1 heterocycles. The lowest BCUT2D eigenvalue weighted by Crippen LogP contribution is -2.36. The minimum atomic E-state index is -4.46. The first kappa shape index (κ1) is 30.6. The number of fused-ring (bicyclic) bond motifs is 1. The van der Waals surface area contributed by atoms with Gasteiger partial charge in [0.2, 0.25) is 0 Å². The number of phenols is 1. The summed E-state index contributed by atoms with van der Waals surface area (Å²) in [7, 11) is 0. The Morgan fingerprint density at radius 3 is 1.98 bits per heavy atom. The third kappa shape index (κ3) is 7.70. The fourth-order valence-electron chi connectivity index (χ4n) is 4.49. The summed E-state index contributed by atoms with van der Waals surface area (Å²) < 4.78 is 40.3. The first-order valence-electron chi connectivity index (χ1n) is 13.4. The van der Waals surface area contributed by atoms with Gasteiger partial charge in [-0.25, -0.2) is 0 Å². The van der Waals surface area contributed by atoms with Crippen LogP contribution in [0.15, 0.2) is 60.8 Å². The van der Waals surface area contributed by atoms with Crippen molar-refractivity contribution in [1.82, 2.24) is 15.6 Å². The van der Waals surface area contributed by atoms with Crippen LogP contribution < -0.4 is 16.0 Å². The minimum absolute atomic E-state index is 0.0278. The van der Waals surface area contributed by atoms with Crippen molar-refractivity contribution in [2.24, 2.45) is 0 Å². The standard InChI is InChI=1S/C32H36ClF3N4O/c1-30(2,3)38-17-23-27(40-25-13-14-37-26-15-21(33)11-12-22(25)26)16-28(41)24(18-39-31(4,5)6)29(23)19-7-9-20(10-8-19)32(34,35)36/h7-16,38-39,41H,17-18H2,1-6H3,(H,37,40). The van der Waals surface area contributed by atoms with Crippen LogP contribution in [0.5, 0.6) is 5.75 Å². The lowest BCUT2D eigenvalue weighted by atomic mass is 9.90. The molecule has 0 aliphatic carbocycles. The van der Waals surface area contributed by atoms with Gasteiger partial charge in [-0.15, -0.1) is 0 Å². The molecule has 0 fully saturated rings. The maximum Gasteiger partial charge on any atom is 0.416 e. The largest absolute Gasteiger partial charge is 0.508 e. The van der Waals surface area contributed by atoms with Crippen molar-refractivity contribution < 1.29 is 18.3 Å². The number of hydrogen-bond donors (Lipinski definition) is 4. The van der Waals surface area contributed by atoms with Crippen LogP contribution in [0.25, 0.3) is 22.0 Å². The first-order valence-corrected chi connectivity index (χ1v) is 13.8. The van der Waals surface area contributed by atoms with Crippen molar-refractivity contribution in [2.45, 2.75) is 71.9 Å². The van der Waals surface area contributed by atoms with Crippen molar-refractivity contribution in [3.63, 3.8) is 0 Å². The Labute approximate surface area is 244 Å². The summed E-state index contributed by atoms with van der Waals surface area (Å²) in [6.07, 6.45) is -2.78. The molecule has 5 nitrogen and oxygen atoms in total. The monoisotopic (exact) mass is 584 g/mol. The molecule has 0 bridgehead atoms. The zero-order chi connectivity index (χ0) is 30.2. The Morgan fingerprint density at radius 2 is 1.39 bits per heavy atom. The van der Waals surface area contributed by atoms with Gasteiger partial charge >= 0.3 is 6.18 Å². The minimum Gasteiger partial charge on any atom is -0.508 e. The molecular formula is C32H36ClF3N4O. The van der Waals surface area contributed by atoms with E-state index < -0.39 is 11.7 Å². The molecule has 4 aromatic rings. The van der Waals surface area contributed by atoms with E-state index in [0.29, 0.717) is 46.0 Å². The van der Waals surface area contributed by atoms with E-state index in [1.54, 1.807) is 24.4 Å². The summed E-state index contributed by atoms with van der Waals surface area (Å²) in [5, 5.41) is 23.2. The molecule has 218 valence electrons. The second-order valence-corrected chi connectivity index (χ2v) is 12.6. The highest BCUT2D eigenvalue weighted by molar-refractivity contribution is 6.31. The lowest BCUT2D eigenvalue weighted by molar-refractivity contribution is -0.137. The summed E-state index contributed by atoms with van der Waals surface area (Å²) in [6, 6.07) is 14.0. The Kier molecular flexibility index (Phi) is 8.60. The van der Waals surface area contributed by atoms with Crippen molar-refractivity contribution in [3.05, 3.63) is 82.5 Å². The van der Waals surface area contributed by atoms with Crippen LogP contribution in [0.3, 0.4) is 0 Å². The molecule has 0 aliphatic rings. The van der Waals surface area contributed by atoms with Gasteiger partial charge in [0.25, 0.3) is 0 Å². The third-order valence-corrected chi connectivity index (χ3v) is 6.82. The average molecular weight is 585 g/mol. The maximum absolute atomic E-state index is 13.4. The third-order valence-electron chi connectivity index (χ3n) is 6.58. The first-order chi connectivity index (χ1) is 19.0. The topological polar surface area (TPSA) is 69.2 Å². The molecular weight excluding hydrogens is 549 g/mol. The Hall–Kier alpha value is -3.33. The van der Waals surface area contributed by atoms with Crippen LogP contribution in [-0.4, -0.2) is 21.2 Å². The average Bonchev–Trinajstić information content (AvgIpc) is 2.85. The molecule has 3 aromatic carbocycles. The SMILES string of the molecule is CC(C)(C)NCc1c(O)cc(Nc2ccnc3cc(Cl)ccc23)c(CNC(C)(C)C)c1-c1ccc(C(F)(F)F)cc1. The molecule has 4 N–H and O–H groups in total. The van der Waals surface area contributed by atoms with Crippen LogP contribution in [0.1, 0.15) is 58.2 Å². The van der Waals surface area contributed by atoms with E-state index in [4.69, 9.17) is 11.6 Å². The highest BCUT2D eigenvalue weighted by Gasteiger charge is 2.30. The number of phenolic OH excluding ortho intramolecular Hbond substituents is 1. The van der Waals surface area contributed by atoms with Gasteiger partial charge in [0.15, 0.2) is 0 Å². The molecule has 9 heteroatoms. The number of hydrogen-bond acceptors (Lipinski definition) is 5. The van der Waals surface area contributed by atoms with E-state index in [2.05, 4.69) is 20.9 Å². The van der Waals surface area contributed by atoms with E-state index in [0.717, 1.165) is 28.8 Å². The van der Waals surface area contributed by atoms with Gasteiger partial charge in [-0.05, 0) is 94.6 Å². The number of aromatic hydroxyl groups is 1. The lowest BCUT2D eigenvalue weighted by Gasteiger charge is -2.28. The Morgan fingerprint density at radius 1 is 0.780 bits per heavy atom. The van der Waals surface area contributed by atoms with E-state index >= 15 is 0 Å². The van der Waals surface area contributed by atoms with Gasteiger partial charge < -0.3 is 21.1 Å². The zero-order valence-corrected chi connectivity index (χ0v) is 24.8. The fraction of sp³-hybridized carbons (Fsp3) is 0.344. The van der Waals surface area contributed by atoms with E-state index in [-0.39, 0.29) is 16.8 Å². The highest BCUT2D eigenvalue weighted by atomic mass is 35.5. The quantitative estimate of drug-likeness (QED) is 0.175. The van der Waals surface area contributed by atoms with Crippen molar-refractivity contribution >= 4 is 33.9 Å². The fourth-order valence-corrected chi connectivity index (χ4v) is 4.65. The van der Waals surface area contributed by atoms with Gasteiger partial charge in [0.05, 0.1) is 11.1 Å². The molecule has 0 atom stereocenters. The Bertz CT molecular complexity index is 1540. The number of nitrogens with one attached hydrogen (secondary N) is 3. The van der Waals surface area contributed by atoms with Crippen LogP contribution >= 0.6 is 11.6 Å². The van der Waals surface area contributed by atoms with Gasteiger partial charge in [-0.1, -0.05) is 23.7 Å². The van der Waals surface area contributed by atoms with Crippen molar-refractivity contribution in [1.29, 1.82) is 0 Å². The summed E-state index contributed by atoms with van der Waals surface area (Å²) >= 11 is 6.19. The number of anilines is 2. The molecule has 0 saturated heterocycles. The number of halogens is 4. The van der Waals surface area contributed by atoms with E-state index in [9.17, 15) is 18.3 Å². The number of nitrogens with zero attached hydrogens (tertiary/aromatic N) is 1. The number of benzene rings is 3. The van der Waals surface area contributed by atoms with Gasteiger partial charge in [0.1, 0.15) is 5.75 Å². The van der Waals surface area contributed by atoms with Crippen molar-refractivity contribution in [3.8, 4) is 16.9 Å². The molecule has 1 aromatic heterocycles. The van der Waals surface area contributed by atoms with Crippen LogP contribution in [-0.2, 0) is 19.3 Å². The summed E-state index contributed by atoms with van der Waals surface area (Å²) in [5.41, 5.74) is 3.47. The van der Waals surface area contributed by atoms with Crippen LogP contribution in [0.2, 0.25) is 5.02 Å². The summed E-state index contributed by atoms with van der Waals surface area (Å²) in [4.78, 5) is 4.42. The molecule has 0 saturated carbocycles. The normalized spacial score (nSPS) is 12.6. The van der Waals surface area contributed by atoms with Crippen LogP contribution in [0.4, 0.5) is 24.5 Å². The molecule has 0 aliphatic heterocycles. The smallest absolute Gasteiger partial charge is 0.416 e. The Balaban J connectivity index is 1.95. The highest BCUT2D eigenvalue weighted by Crippen LogP contribution is 2.42. The predicted molar refractivity (Wildman–Crippen MR) is 162 cm³/mol. The number of pyridine rings is 1. The predicted octanol–water partition coefficient (Wildman–Crippen LogP) is 8.80. The van der Waals surface area contributed by atoms with Gasteiger partial charge in [0, 0.05) is 63.8 Å².